The molecule has 1 saturated carbocycles. The van der Waals surface area contributed by atoms with E-state index in [0.29, 0.717) is 22.6 Å². The molecule has 4 rings (SSSR count). The first-order valence-corrected chi connectivity index (χ1v) is 10.0. The molecule has 1 aliphatic heterocycles. The highest BCUT2D eigenvalue weighted by atomic mass is 35.5. The first-order chi connectivity index (χ1) is 13.3. The van der Waals surface area contributed by atoms with Gasteiger partial charge < -0.3 is 10.4 Å². The monoisotopic (exact) mass is 399 g/mol. The summed E-state index contributed by atoms with van der Waals surface area (Å²) in [4.78, 5) is 12.8. The van der Waals surface area contributed by atoms with Gasteiger partial charge in [0.05, 0.1) is 16.1 Å². The molecule has 3 nitrogen and oxygen atoms in total. The number of carbonyl (C=O) groups is 1. The number of aryl methyl sites for hydroxylation is 1. The fourth-order valence-corrected chi connectivity index (χ4v) is 4.42. The van der Waals surface area contributed by atoms with Crippen LogP contribution < -0.4 is 5.32 Å². The van der Waals surface area contributed by atoms with E-state index in [0.717, 1.165) is 36.8 Å². The number of aliphatic hydroxyl groups is 1. The van der Waals surface area contributed by atoms with Crippen LogP contribution in [0.25, 0.3) is 16.7 Å². The summed E-state index contributed by atoms with van der Waals surface area (Å²) in [5.74, 6) is 0.0167. The fraction of sp³-hybridized carbons (Fsp3) is 0.348. The highest BCUT2D eigenvalue weighted by molar-refractivity contribution is 6.30. The molecule has 0 bridgehead atoms. The molecular weight excluding hydrogens is 377 g/mol. The van der Waals surface area contributed by atoms with E-state index in [1.54, 1.807) is 6.07 Å². The normalized spacial score (nSPS) is 24.7. The number of hydrogen-bond donors (Lipinski definition) is 2. The van der Waals surface area contributed by atoms with Crippen molar-refractivity contribution in [2.45, 2.75) is 45.1 Å². The van der Waals surface area contributed by atoms with Crippen LogP contribution >= 0.6 is 11.6 Å². The summed E-state index contributed by atoms with van der Waals surface area (Å²) in [7, 11) is 0. The summed E-state index contributed by atoms with van der Waals surface area (Å²) in [5.41, 5.74) is 2.69. The largest absolute Gasteiger partial charge is 0.509 e. The third kappa shape index (κ3) is 3.10. The Balaban J connectivity index is 1.79. The Morgan fingerprint density at radius 3 is 2.46 bits per heavy atom. The molecule has 0 atom stereocenters. The van der Waals surface area contributed by atoms with E-state index < -0.39 is 11.4 Å². The number of halogens is 2. The van der Waals surface area contributed by atoms with Gasteiger partial charge in [0, 0.05) is 0 Å². The van der Waals surface area contributed by atoms with E-state index in [1.165, 1.54) is 12.1 Å². The van der Waals surface area contributed by atoms with Gasteiger partial charge in [0.25, 0.3) is 5.91 Å². The Bertz CT molecular complexity index is 990. The van der Waals surface area contributed by atoms with E-state index in [1.807, 2.05) is 25.1 Å². The van der Waals surface area contributed by atoms with Gasteiger partial charge in [-0.1, -0.05) is 36.7 Å². The number of carbonyl (C=O) groups excluding carboxylic acids is 1. The van der Waals surface area contributed by atoms with Crippen molar-refractivity contribution in [3.63, 3.8) is 0 Å². The van der Waals surface area contributed by atoms with E-state index >= 15 is 0 Å². The van der Waals surface area contributed by atoms with Crippen LogP contribution in [0.4, 0.5) is 4.39 Å². The number of amides is 1. The summed E-state index contributed by atoms with van der Waals surface area (Å²) in [5, 5.41) is 14.2. The molecule has 0 saturated heterocycles. The number of benzene rings is 2. The fourth-order valence-electron chi connectivity index (χ4n) is 4.30. The van der Waals surface area contributed by atoms with Gasteiger partial charge in [0.2, 0.25) is 0 Å². The lowest BCUT2D eigenvalue weighted by atomic mass is 9.76. The molecule has 5 heteroatoms. The quantitative estimate of drug-likeness (QED) is 0.670. The Hall–Kier alpha value is -2.33. The highest BCUT2D eigenvalue weighted by Crippen LogP contribution is 2.43. The summed E-state index contributed by atoms with van der Waals surface area (Å²) < 4.78 is 13.9. The van der Waals surface area contributed by atoms with Gasteiger partial charge in [0.1, 0.15) is 11.6 Å². The van der Waals surface area contributed by atoms with Crippen molar-refractivity contribution in [2.24, 2.45) is 5.92 Å². The molecule has 1 heterocycles. The number of nitrogens with one attached hydrogen (secondary N) is 1. The molecule has 1 fully saturated rings. The predicted octanol–water partition coefficient (Wildman–Crippen LogP) is 5.80. The van der Waals surface area contributed by atoms with Crippen LogP contribution in [0, 0.1) is 18.7 Å². The third-order valence-corrected chi connectivity index (χ3v) is 6.46. The Morgan fingerprint density at radius 2 is 1.79 bits per heavy atom. The minimum absolute atomic E-state index is 0.0695. The van der Waals surface area contributed by atoms with Crippen LogP contribution in [0.2, 0.25) is 5.02 Å². The summed E-state index contributed by atoms with van der Waals surface area (Å²) in [6, 6.07) is 10.2. The zero-order valence-electron chi connectivity index (χ0n) is 16.0. The van der Waals surface area contributed by atoms with Crippen molar-refractivity contribution in [2.75, 3.05) is 0 Å². The SMILES string of the molecule is Cc1ccc(-c2ccc(Cl)c(F)c2)cc1C1=C(O)[C@]2(CC[C@H](C)CC2)NC1=O. The summed E-state index contributed by atoms with van der Waals surface area (Å²) in [6.07, 6.45) is 3.44. The molecule has 0 radical (unpaired) electrons. The topological polar surface area (TPSA) is 49.3 Å². The second kappa shape index (κ2) is 6.93. The molecule has 2 aromatic carbocycles. The second-order valence-corrected chi connectivity index (χ2v) is 8.51. The lowest BCUT2D eigenvalue weighted by molar-refractivity contribution is -0.116. The maximum Gasteiger partial charge on any atom is 0.256 e. The van der Waals surface area contributed by atoms with E-state index in [9.17, 15) is 14.3 Å². The van der Waals surface area contributed by atoms with E-state index in [4.69, 9.17) is 11.6 Å². The van der Waals surface area contributed by atoms with Gasteiger partial charge in [0.15, 0.2) is 0 Å². The van der Waals surface area contributed by atoms with Gasteiger partial charge in [-0.15, -0.1) is 0 Å². The van der Waals surface area contributed by atoms with Crippen molar-refractivity contribution in [3.05, 3.63) is 64.1 Å². The summed E-state index contributed by atoms with van der Waals surface area (Å²) >= 11 is 5.79. The molecule has 2 N–H and O–H groups in total. The van der Waals surface area contributed by atoms with Crippen LogP contribution in [0.1, 0.15) is 43.7 Å². The lowest BCUT2D eigenvalue weighted by Gasteiger charge is -2.36. The van der Waals surface area contributed by atoms with Crippen LogP contribution in [-0.4, -0.2) is 16.6 Å². The van der Waals surface area contributed by atoms with Gasteiger partial charge >= 0.3 is 0 Å². The molecule has 2 aromatic rings. The van der Waals surface area contributed by atoms with Crippen molar-refractivity contribution in [3.8, 4) is 11.1 Å². The number of aliphatic hydroxyl groups excluding tert-OH is 1. The zero-order valence-corrected chi connectivity index (χ0v) is 16.7. The summed E-state index contributed by atoms with van der Waals surface area (Å²) in [6.45, 7) is 4.10. The Kier molecular flexibility index (Phi) is 4.70. The zero-order chi connectivity index (χ0) is 20.1. The molecule has 1 amide bonds. The average Bonchev–Trinajstić information content (AvgIpc) is 2.91. The molecule has 28 heavy (non-hydrogen) atoms. The van der Waals surface area contributed by atoms with Crippen LogP contribution in [-0.2, 0) is 4.79 Å². The first-order valence-electron chi connectivity index (χ1n) is 9.63. The molecule has 0 unspecified atom stereocenters. The maximum absolute atomic E-state index is 13.9. The average molecular weight is 400 g/mol. The smallest absolute Gasteiger partial charge is 0.256 e. The van der Waals surface area contributed by atoms with Crippen LogP contribution in [0.3, 0.4) is 0 Å². The highest BCUT2D eigenvalue weighted by Gasteiger charge is 2.47. The van der Waals surface area contributed by atoms with E-state index in [2.05, 4.69) is 12.2 Å². The van der Waals surface area contributed by atoms with Gasteiger partial charge in [-0.3, -0.25) is 4.79 Å². The number of hydrogen-bond acceptors (Lipinski definition) is 2. The minimum atomic E-state index is -0.645. The molecule has 146 valence electrons. The van der Waals surface area contributed by atoms with Gasteiger partial charge in [-0.25, -0.2) is 4.39 Å². The van der Waals surface area contributed by atoms with Gasteiger partial charge in [-0.05, 0) is 79.0 Å². The Morgan fingerprint density at radius 1 is 1.14 bits per heavy atom. The van der Waals surface area contributed by atoms with Crippen molar-refractivity contribution in [1.29, 1.82) is 0 Å². The molecule has 2 aliphatic rings. The maximum atomic E-state index is 13.9. The van der Waals surface area contributed by atoms with Gasteiger partial charge in [-0.2, -0.15) is 0 Å². The first kappa shape index (κ1) is 19.0. The van der Waals surface area contributed by atoms with Crippen LogP contribution in [0.15, 0.2) is 42.2 Å². The number of rotatable bonds is 2. The third-order valence-electron chi connectivity index (χ3n) is 6.16. The molecular formula is C23H23ClFNO2. The standard InChI is InChI=1S/C23H23ClFNO2/c1-13-7-9-23(10-8-13)21(27)20(22(28)26-23)17-11-15(4-3-14(17)2)16-5-6-18(24)19(25)12-16/h3-6,11-13,27H,7-10H2,1-2H3,(H,26,28)/t13-,23+. The lowest BCUT2D eigenvalue weighted by Crippen LogP contribution is -2.47. The minimum Gasteiger partial charge on any atom is -0.509 e. The second-order valence-electron chi connectivity index (χ2n) is 8.10. The van der Waals surface area contributed by atoms with Crippen molar-refractivity contribution < 1.29 is 14.3 Å². The van der Waals surface area contributed by atoms with Crippen molar-refractivity contribution >= 4 is 23.1 Å². The van der Waals surface area contributed by atoms with E-state index in [-0.39, 0.29) is 16.7 Å². The molecule has 0 aromatic heterocycles. The predicted molar refractivity (Wildman–Crippen MR) is 110 cm³/mol. The molecule has 1 aliphatic carbocycles. The van der Waals surface area contributed by atoms with Crippen LogP contribution in [0.5, 0.6) is 0 Å². The van der Waals surface area contributed by atoms with Crippen molar-refractivity contribution in [1.82, 2.24) is 5.32 Å². The Labute approximate surface area is 169 Å². The molecule has 1 spiro atoms.